The van der Waals surface area contributed by atoms with Crippen LogP contribution < -0.4 is 4.90 Å². The molecule has 10 aromatic carbocycles. The number of thiophene rings is 1. The average Bonchev–Trinajstić information content (AvgIpc) is 4.09. The Labute approximate surface area is 379 Å². The lowest BCUT2D eigenvalue weighted by molar-refractivity contribution is 0.660. The first-order valence-corrected chi connectivity index (χ1v) is 23.1. The molecule has 0 bridgehead atoms. The second kappa shape index (κ2) is 13.5. The first-order chi connectivity index (χ1) is 32.0. The fourth-order valence-electron chi connectivity index (χ4n) is 11.0. The van der Waals surface area contributed by atoms with E-state index in [9.17, 15) is 0 Å². The maximum Gasteiger partial charge on any atom is 0.143 e. The lowest BCUT2D eigenvalue weighted by Crippen LogP contribution is -2.16. The van der Waals surface area contributed by atoms with Crippen LogP contribution in [0.3, 0.4) is 0 Å². The summed E-state index contributed by atoms with van der Waals surface area (Å²) >= 11 is 1.86. The molecule has 3 heterocycles. The summed E-state index contributed by atoms with van der Waals surface area (Å²) in [6.07, 6.45) is 0. The standard InChI is InChI=1S/C61H39NO2S/c1-61(2)52-22-8-5-15-43(52)44-31-29-40(35-53(44)61)62(38-27-25-36(26-28-38)42-18-11-19-47-45-16-6-9-23-54(45)63-58(42)47)39-30-32-55-50(34-39)51-33-37-13-3-4-14-41(37)57(59(51)64-55)49-21-12-20-48-46-17-7-10-24-56(46)65-60(48)49/h3-35H,1-2H3. The van der Waals surface area contributed by atoms with Crippen molar-refractivity contribution in [3.8, 4) is 33.4 Å². The number of furan rings is 2. The van der Waals surface area contributed by atoms with Crippen LogP contribution in [0.15, 0.2) is 209 Å². The molecule has 1 aliphatic carbocycles. The Kier molecular flexibility index (Phi) is 7.62. The van der Waals surface area contributed by atoms with Gasteiger partial charge in [-0.05, 0) is 99.3 Å². The molecule has 0 spiro atoms. The van der Waals surface area contributed by atoms with Crippen molar-refractivity contribution >= 4 is 103 Å². The lowest BCUT2D eigenvalue weighted by Gasteiger charge is -2.28. The van der Waals surface area contributed by atoms with E-state index in [0.29, 0.717) is 0 Å². The first kappa shape index (κ1) is 36.6. The topological polar surface area (TPSA) is 29.5 Å². The number of nitrogens with zero attached hydrogens (tertiary/aromatic N) is 1. The largest absolute Gasteiger partial charge is 0.455 e. The summed E-state index contributed by atoms with van der Waals surface area (Å²) in [6.45, 7) is 4.70. The highest BCUT2D eigenvalue weighted by Crippen LogP contribution is 2.52. The minimum absolute atomic E-state index is 0.151. The third kappa shape index (κ3) is 5.29. The smallest absolute Gasteiger partial charge is 0.143 e. The molecule has 0 aliphatic heterocycles. The average molecular weight is 850 g/mol. The van der Waals surface area contributed by atoms with Crippen LogP contribution in [0.2, 0.25) is 0 Å². The van der Waals surface area contributed by atoms with Gasteiger partial charge in [0.1, 0.15) is 22.3 Å². The number of rotatable bonds is 5. The van der Waals surface area contributed by atoms with Crippen LogP contribution in [0.5, 0.6) is 0 Å². The minimum atomic E-state index is -0.151. The van der Waals surface area contributed by atoms with Crippen molar-refractivity contribution in [1.82, 2.24) is 0 Å². The Bertz CT molecular complexity index is 4110. The number of hydrogen-bond donors (Lipinski definition) is 0. The highest BCUT2D eigenvalue weighted by atomic mass is 32.1. The molecule has 3 nitrogen and oxygen atoms in total. The molecule has 0 N–H and O–H groups in total. The zero-order chi connectivity index (χ0) is 43.0. The summed E-state index contributed by atoms with van der Waals surface area (Å²) in [5, 5.41) is 9.39. The van der Waals surface area contributed by atoms with E-state index in [1.54, 1.807) is 0 Å². The molecule has 4 heteroatoms. The van der Waals surface area contributed by atoms with Crippen molar-refractivity contribution in [2.75, 3.05) is 4.90 Å². The highest BCUT2D eigenvalue weighted by molar-refractivity contribution is 7.26. The SMILES string of the molecule is CC1(C)c2ccccc2-c2ccc(N(c3ccc(-c4cccc5c4oc4ccccc45)cc3)c3ccc4oc5c(-c6cccc7c6sc6ccccc67)c6ccccc6cc5c4c3)cc21. The molecule has 0 atom stereocenters. The van der Waals surface area contributed by atoms with Gasteiger partial charge in [-0.1, -0.05) is 153 Å². The number of para-hydroxylation sites is 2. The predicted molar refractivity (Wildman–Crippen MR) is 275 cm³/mol. The van der Waals surface area contributed by atoms with E-state index in [4.69, 9.17) is 8.83 Å². The fourth-order valence-corrected chi connectivity index (χ4v) is 12.2. The van der Waals surface area contributed by atoms with E-state index < -0.39 is 0 Å². The van der Waals surface area contributed by atoms with Crippen molar-refractivity contribution in [3.05, 3.63) is 211 Å². The van der Waals surface area contributed by atoms with Gasteiger partial charge in [0.15, 0.2) is 0 Å². The van der Waals surface area contributed by atoms with Gasteiger partial charge in [0.2, 0.25) is 0 Å². The molecule has 65 heavy (non-hydrogen) atoms. The van der Waals surface area contributed by atoms with Gasteiger partial charge in [-0.3, -0.25) is 0 Å². The second-order valence-corrected chi connectivity index (χ2v) is 19.0. The molecule has 0 amide bonds. The van der Waals surface area contributed by atoms with Gasteiger partial charge in [-0.2, -0.15) is 0 Å². The Balaban J connectivity index is 0.972. The molecule has 0 fully saturated rings. The van der Waals surface area contributed by atoms with Crippen LogP contribution in [0, 0.1) is 0 Å². The molecule has 1 aliphatic rings. The fraction of sp³-hybridized carbons (Fsp3) is 0.0492. The molecule has 0 saturated heterocycles. The Hall–Kier alpha value is -7.92. The van der Waals surface area contributed by atoms with Crippen LogP contribution in [0.1, 0.15) is 25.0 Å². The first-order valence-electron chi connectivity index (χ1n) is 22.3. The van der Waals surface area contributed by atoms with Crippen molar-refractivity contribution in [2.45, 2.75) is 19.3 Å². The van der Waals surface area contributed by atoms with Gasteiger partial charge in [0, 0.05) is 80.9 Å². The molecule has 0 radical (unpaired) electrons. The van der Waals surface area contributed by atoms with Gasteiger partial charge < -0.3 is 13.7 Å². The van der Waals surface area contributed by atoms with E-state index in [1.807, 2.05) is 23.5 Å². The van der Waals surface area contributed by atoms with Crippen LogP contribution in [-0.2, 0) is 5.41 Å². The van der Waals surface area contributed by atoms with Crippen LogP contribution in [-0.4, -0.2) is 0 Å². The monoisotopic (exact) mass is 849 g/mol. The van der Waals surface area contributed by atoms with Crippen LogP contribution in [0.25, 0.3) is 108 Å². The second-order valence-electron chi connectivity index (χ2n) is 18.0. The Morgan fingerprint density at radius 2 is 1.03 bits per heavy atom. The number of hydrogen-bond acceptors (Lipinski definition) is 4. The molecule has 14 rings (SSSR count). The zero-order valence-electron chi connectivity index (χ0n) is 35.7. The maximum atomic E-state index is 7.04. The summed E-state index contributed by atoms with van der Waals surface area (Å²) < 4.78 is 16.1. The number of fused-ring (bicyclic) bond motifs is 13. The van der Waals surface area contributed by atoms with Gasteiger partial charge >= 0.3 is 0 Å². The highest BCUT2D eigenvalue weighted by Gasteiger charge is 2.36. The van der Waals surface area contributed by atoms with Gasteiger partial charge in [-0.15, -0.1) is 11.3 Å². The molecule has 13 aromatic rings. The van der Waals surface area contributed by atoms with Crippen molar-refractivity contribution in [3.63, 3.8) is 0 Å². The van der Waals surface area contributed by atoms with Crippen molar-refractivity contribution in [2.24, 2.45) is 0 Å². The van der Waals surface area contributed by atoms with Gasteiger partial charge in [0.25, 0.3) is 0 Å². The quantitative estimate of drug-likeness (QED) is 0.173. The lowest BCUT2D eigenvalue weighted by atomic mass is 9.82. The molecule has 0 unspecified atom stereocenters. The summed E-state index contributed by atoms with van der Waals surface area (Å²) in [6, 6.07) is 72.8. The molecule has 0 saturated carbocycles. The zero-order valence-corrected chi connectivity index (χ0v) is 36.5. The maximum absolute atomic E-state index is 7.04. The summed E-state index contributed by atoms with van der Waals surface area (Å²) in [7, 11) is 0. The van der Waals surface area contributed by atoms with Crippen LogP contribution >= 0.6 is 11.3 Å². The van der Waals surface area contributed by atoms with E-state index in [0.717, 1.165) is 77.6 Å². The summed E-state index contributed by atoms with van der Waals surface area (Å²) in [5.41, 5.74) is 16.5. The summed E-state index contributed by atoms with van der Waals surface area (Å²) in [4.78, 5) is 2.41. The van der Waals surface area contributed by atoms with E-state index in [-0.39, 0.29) is 5.41 Å². The minimum Gasteiger partial charge on any atom is -0.455 e. The molecule has 306 valence electrons. The molecular weight excluding hydrogens is 811 g/mol. The molecular formula is C61H39NO2S. The molecule has 3 aromatic heterocycles. The van der Waals surface area contributed by atoms with Gasteiger partial charge in [0.05, 0.1) is 0 Å². The van der Waals surface area contributed by atoms with Gasteiger partial charge in [-0.25, -0.2) is 0 Å². The number of benzene rings is 10. The number of anilines is 3. The van der Waals surface area contributed by atoms with Crippen molar-refractivity contribution in [1.29, 1.82) is 0 Å². The third-order valence-electron chi connectivity index (χ3n) is 14.1. The Morgan fingerprint density at radius 3 is 1.92 bits per heavy atom. The third-order valence-corrected chi connectivity index (χ3v) is 15.3. The van der Waals surface area contributed by atoms with Crippen LogP contribution in [0.4, 0.5) is 17.1 Å². The normalized spacial score (nSPS) is 13.2. The van der Waals surface area contributed by atoms with Crippen molar-refractivity contribution < 1.29 is 8.83 Å². The summed E-state index contributed by atoms with van der Waals surface area (Å²) in [5.74, 6) is 0. The van der Waals surface area contributed by atoms with E-state index >= 15 is 0 Å². The Morgan fingerprint density at radius 1 is 0.400 bits per heavy atom. The van der Waals surface area contributed by atoms with E-state index in [1.165, 1.54) is 58.8 Å². The predicted octanol–water partition coefficient (Wildman–Crippen LogP) is 18.1. The van der Waals surface area contributed by atoms with E-state index in [2.05, 4.69) is 207 Å².